The molecule has 0 unspecified atom stereocenters. The highest BCUT2D eigenvalue weighted by Gasteiger charge is 2.30. The van der Waals surface area contributed by atoms with E-state index in [0.717, 1.165) is 12.0 Å². The van der Waals surface area contributed by atoms with Gasteiger partial charge in [0.15, 0.2) is 11.6 Å². The van der Waals surface area contributed by atoms with Crippen LogP contribution in [0, 0.1) is 5.92 Å². The zero-order valence-electron chi connectivity index (χ0n) is 12.8. The van der Waals surface area contributed by atoms with Crippen LogP contribution in [0.25, 0.3) is 6.08 Å². The van der Waals surface area contributed by atoms with Crippen LogP contribution in [0.2, 0.25) is 0 Å². The Balaban J connectivity index is 2.11. The van der Waals surface area contributed by atoms with E-state index in [1.165, 1.54) is 0 Å². The molecule has 0 amide bonds. The van der Waals surface area contributed by atoms with Crippen LogP contribution < -0.4 is 0 Å². The van der Waals surface area contributed by atoms with E-state index in [1.54, 1.807) is 30.3 Å². The fourth-order valence-corrected chi connectivity index (χ4v) is 2.78. The lowest BCUT2D eigenvalue weighted by Gasteiger charge is -2.19. The normalized spacial score (nSPS) is 13.6. The highest BCUT2D eigenvalue weighted by atomic mass is 16.1. The molecule has 0 aromatic heterocycles. The zero-order valence-corrected chi connectivity index (χ0v) is 12.8. The molecule has 22 heavy (non-hydrogen) atoms. The van der Waals surface area contributed by atoms with Gasteiger partial charge in [0.05, 0.1) is 0 Å². The summed E-state index contributed by atoms with van der Waals surface area (Å²) in [5.74, 6) is 0.438. The first-order valence-electron chi connectivity index (χ1n) is 7.57. The minimum Gasteiger partial charge on any atom is -0.289 e. The summed E-state index contributed by atoms with van der Waals surface area (Å²) >= 11 is 0. The van der Waals surface area contributed by atoms with Crippen LogP contribution in [0.1, 0.15) is 57.7 Å². The molecule has 0 fully saturated rings. The first-order chi connectivity index (χ1) is 10.6. The molecule has 2 aromatic carbocycles. The fraction of sp³-hybridized carbons (Fsp3) is 0.200. The molecule has 2 nitrogen and oxygen atoms in total. The fourth-order valence-electron chi connectivity index (χ4n) is 2.78. The van der Waals surface area contributed by atoms with Crippen LogP contribution in [0.3, 0.4) is 0 Å². The quantitative estimate of drug-likeness (QED) is 0.710. The Morgan fingerprint density at radius 1 is 0.864 bits per heavy atom. The maximum absolute atomic E-state index is 12.8. The lowest BCUT2D eigenvalue weighted by molar-refractivity contribution is 0.0979. The number of hydrogen-bond donors (Lipinski definition) is 0. The van der Waals surface area contributed by atoms with Gasteiger partial charge in [-0.2, -0.15) is 0 Å². The summed E-state index contributed by atoms with van der Waals surface area (Å²) in [4.78, 5) is 25.4. The molecule has 0 aliphatic heterocycles. The van der Waals surface area contributed by atoms with Gasteiger partial charge in [0.25, 0.3) is 0 Å². The maximum Gasteiger partial charge on any atom is 0.195 e. The SMILES string of the molecule is CC(C)CC=Cc1cccc2c1C(=O)c1ccccc1C2=O. The maximum atomic E-state index is 12.8. The molecule has 0 atom stereocenters. The van der Waals surface area contributed by atoms with E-state index >= 15 is 0 Å². The molecule has 0 saturated heterocycles. The molecule has 110 valence electrons. The molecule has 0 bridgehead atoms. The number of fused-ring (bicyclic) bond motifs is 2. The molecular weight excluding hydrogens is 272 g/mol. The number of carbonyl (C=O) groups excluding carboxylic acids is 2. The monoisotopic (exact) mass is 290 g/mol. The van der Waals surface area contributed by atoms with Crippen LogP contribution in [0.15, 0.2) is 48.5 Å². The van der Waals surface area contributed by atoms with Crippen LogP contribution in [0.5, 0.6) is 0 Å². The number of benzene rings is 2. The van der Waals surface area contributed by atoms with E-state index in [4.69, 9.17) is 0 Å². The van der Waals surface area contributed by atoms with E-state index in [1.807, 2.05) is 18.2 Å². The Bertz CT molecular complexity index is 782. The molecule has 3 rings (SSSR count). The molecule has 0 spiro atoms. The first kappa shape index (κ1) is 14.5. The van der Waals surface area contributed by atoms with Crippen molar-refractivity contribution in [3.63, 3.8) is 0 Å². The van der Waals surface area contributed by atoms with Crippen molar-refractivity contribution in [2.24, 2.45) is 5.92 Å². The Morgan fingerprint density at radius 3 is 2.18 bits per heavy atom. The van der Waals surface area contributed by atoms with Gasteiger partial charge in [-0.15, -0.1) is 0 Å². The summed E-state index contributed by atoms with van der Waals surface area (Å²) < 4.78 is 0. The predicted molar refractivity (Wildman–Crippen MR) is 88.2 cm³/mol. The van der Waals surface area contributed by atoms with Crippen molar-refractivity contribution in [1.29, 1.82) is 0 Å². The average Bonchev–Trinajstić information content (AvgIpc) is 2.52. The molecule has 2 aromatic rings. The lowest BCUT2D eigenvalue weighted by Crippen LogP contribution is -2.21. The van der Waals surface area contributed by atoms with Crippen LogP contribution in [-0.4, -0.2) is 11.6 Å². The van der Waals surface area contributed by atoms with Crippen molar-refractivity contribution in [3.05, 3.63) is 76.4 Å². The van der Waals surface area contributed by atoms with E-state index in [9.17, 15) is 9.59 Å². The van der Waals surface area contributed by atoms with Crippen LogP contribution >= 0.6 is 0 Å². The molecule has 1 aliphatic rings. The van der Waals surface area contributed by atoms with Crippen molar-refractivity contribution in [3.8, 4) is 0 Å². The third-order valence-electron chi connectivity index (χ3n) is 3.89. The second kappa shape index (κ2) is 5.72. The van der Waals surface area contributed by atoms with Gasteiger partial charge in [-0.25, -0.2) is 0 Å². The van der Waals surface area contributed by atoms with E-state index in [0.29, 0.717) is 28.2 Å². The Labute approximate surface area is 130 Å². The highest BCUT2D eigenvalue weighted by molar-refractivity contribution is 6.29. The van der Waals surface area contributed by atoms with Crippen LogP contribution in [0.4, 0.5) is 0 Å². The standard InChI is InChI=1S/C20H18O2/c1-13(2)7-5-8-14-9-6-12-17-18(14)20(22)16-11-4-3-10-15(16)19(17)21/h3-6,8-13H,7H2,1-2H3. The summed E-state index contributed by atoms with van der Waals surface area (Å²) in [5, 5.41) is 0. The highest BCUT2D eigenvalue weighted by Crippen LogP contribution is 2.30. The van der Waals surface area contributed by atoms with Gasteiger partial charge in [0.2, 0.25) is 0 Å². The first-order valence-corrected chi connectivity index (χ1v) is 7.57. The van der Waals surface area contributed by atoms with Crippen LogP contribution in [-0.2, 0) is 0 Å². The molecule has 0 saturated carbocycles. The van der Waals surface area contributed by atoms with Crippen molar-refractivity contribution in [1.82, 2.24) is 0 Å². The summed E-state index contributed by atoms with van der Waals surface area (Å²) in [5.41, 5.74) is 2.88. The molecule has 0 heterocycles. The van der Waals surface area contributed by atoms with Crippen molar-refractivity contribution in [2.45, 2.75) is 20.3 Å². The number of allylic oxidation sites excluding steroid dienone is 1. The number of carbonyl (C=O) groups is 2. The second-order valence-electron chi connectivity index (χ2n) is 6.01. The molecule has 2 heteroatoms. The van der Waals surface area contributed by atoms with Gasteiger partial charge in [-0.3, -0.25) is 9.59 Å². The summed E-state index contributed by atoms with van der Waals surface area (Å²) in [6.45, 7) is 4.30. The largest absolute Gasteiger partial charge is 0.289 e. The van der Waals surface area contributed by atoms with Gasteiger partial charge in [-0.05, 0) is 17.9 Å². The lowest BCUT2D eigenvalue weighted by atomic mass is 9.82. The summed E-state index contributed by atoms with van der Waals surface area (Å²) in [7, 11) is 0. The Hall–Kier alpha value is -2.48. The third-order valence-corrected chi connectivity index (χ3v) is 3.89. The average molecular weight is 290 g/mol. The van der Waals surface area contributed by atoms with Crippen molar-refractivity contribution in [2.75, 3.05) is 0 Å². The zero-order chi connectivity index (χ0) is 15.7. The number of ketones is 2. The van der Waals surface area contributed by atoms with Gasteiger partial charge in [-0.1, -0.05) is 68.5 Å². The van der Waals surface area contributed by atoms with E-state index in [2.05, 4.69) is 19.9 Å². The van der Waals surface area contributed by atoms with Crippen molar-refractivity contribution < 1.29 is 9.59 Å². The number of hydrogen-bond acceptors (Lipinski definition) is 2. The predicted octanol–water partition coefficient (Wildman–Crippen LogP) is 4.52. The Morgan fingerprint density at radius 2 is 1.50 bits per heavy atom. The number of rotatable bonds is 3. The van der Waals surface area contributed by atoms with E-state index < -0.39 is 0 Å². The topological polar surface area (TPSA) is 34.1 Å². The second-order valence-corrected chi connectivity index (χ2v) is 6.01. The smallest absolute Gasteiger partial charge is 0.195 e. The summed E-state index contributed by atoms with van der Waals surface area (Å²) in [6.07, 6.45) is 4.97. The van der Waals surface area contributed by atoms with Gasteiger partial charge < -0.3 is 0 Å². The van der Waals surface area contributed by atoms with Gasteiger partial charge in [0, 0.05) is 22.3 Å². The molecule has 0 radical (unpaired) electrons. The van der Waals surface area contributed by atoms with Gasteiger partial charge >= 0.3 is 0 Å². The minimum atomic E-state index is -0.0655. The molecule has 1 aliphatic carbocycles. The molecular formula is C20H18O2. The molecule has 0 N–H and O–H groups in total. The summed E-state index contributed by atoms with van der Waals surface area (Å²) in [6, 6.07) is 12.5. The van der Waals surface area contributed by atoms with Gasteiger partial charge in [0.1, 0.15) is 0 Å². The third kappa shape index (κ3) is 2.41. The minimum absolute atomic E-state index is 0.0602. The Kier molecular flexibility index (Phi) is 3.76. The van der Waals surface area contributed by atoms with E-state index in [-0.39, 0.29) is 11.6 Å². The van der Waals surface area contributed by atoms with Crippen molar-refractivity contribution >= 4 is 17.6 Å².